The molecule has 0 aliphatic heterocycles. The predicted octanol–water partition coefficient (Wildman–Crippen LogP) is 12.7. The van der Waals surface area contributed by atoms with E-state index in [1.807, 2.05) is 11.3 Å². The third-order valence-electron chi connectivity index (χ3n) is 11.0. The zero-order chi connectivity index (χ0) is 33.8. The molecule has 0 N–H and O–H groups in total. The van der Waals surface area contributed by atoms with Gasteiger partial charge in [-0.15, -0.1) is 11.3 Å². The van der Waals surface area contributed by atoms with E-state index in [-0.39, 0.29) is 5.41 Å². The molecule has 3 heterocycles. The normalized spacial score (nSPS) is 13.5. The second kappa shape index (κ2) is 10.5. The highest BCUT2D eigenvalue weighted by Gasteiger charge is 2.39. The van der Waals surface area contributed by atoms with E-state index in [0.29, 0.717) is 5.95 Å². The van der Waals surface area contributed by atoms with Crippen LogP contribution >= 0.6 is 11.3 Å². The van der Waals surface area contributed by atoms with Gasteiger partial charge in [-0.3, -0.25) is 4.57 Å². The van der Waals surface area contributed by atoms with Gasteiger partial charge in [0.15, 0.2) is 0 Å². The van der Waals surface area contributed by atoms with E-state index in [1.165, 1.54) is 69.8 Å². The molecule has 0 spiro atoms. The van der Waals surface area contributed by atoms with Crippen LogP contribution in [0.4, 0.5) is 0 Å². The molecule has 7 aromatic carbocycles. The molecule has 0 radical (unpaired) electrons. The van der Waals surface area contributed by atoms with E-state index in [4.69, 9.17) is 9.97 Å². The van der Waals surface area contributed by atoms with Gasteiger partial charge in [0.25, 0.3) is 0 Å². The van der Waals surface area contributed by atoms with Crippen LogP contribution in [0.15, 0.2) is 152 Å². The van der Waals surface area contributed by atoms with E-state index >= 15 is 0 Å². The number of hydrogen-bond acceptors (Lipinski definition) is 3. The summed E-state index contributed by atoms with van der Waals surface area (Å²) in [5.41, 5.74) is 11.7. The van der Waals surface area contributed by atoms with Gasteiger partial charge in [-0.05, 0) is 56.1 Å². The summed E-state index contributed by atoms with van der Waals surface area (Å²) in [7, 11) is 0. The fourth-order valence-electron chi connectivity index (χ4n) is 8.65. The van der Waals surface area contributed by atoms with Gasteiger partial charge in [0.2, 0.25) is 5.95 Å². The maximum absolute atomic E-state index is 5.46. The average molecular weight is 670 g/mol. The number of benzene rings is 7. The van der Waals surface area contributed by atoms with Crippen LogP contribution in [0.25, 0.3) is 92.3 Å². The first-order valence-corrected chi connectivity index (χ1v) is 18.3. The summed E-state index contributed by atoms with van der Waals surface area (Å²) in [6.07, 6.45) is 0. The van der Waals surface area contributed by atoms with E-state index in [0.717, 1.165) is 27.7 Å². The fraction of sp³-hybridized carbons (Fsp3) is 0.0638. The fourth-order valence-corrected chi connectivity index (χ4v) is 10.2. The number of aromatic nitrogens is 3. The molecule has 240 valence electrons. The highest BCUT2D eigenvalue weighted by atomic mass is 32.1. The topological polar surface area (TPSA) is 30.7 Å². The zero-order valence-electron chi connectivity index (χ0n) is 28.2. The summed E-state index contributed by atoms with van der Waals surface area (Å²) in [5, 5.41) is 7.24. The van der Waals surface area contributed by atoms with Crippen LogP contribution in [0, 0.1) is 0 Å². The molecule has 3 nitrogen and oxygen atoms in total. The Morgan fingerprint density at radius 1 is 0.549 bits per heavy atom. The highest BCUT2D eigenvalue weighted by molar-refractivity contribution is 7.23. The van der Waals surface area contributed by atoms with Gasteiger partial charge >= 0.3 is 0 Å². The Kier molecular flexibility index (Phi) is 5.89. The number of nitrogens with zero attached hydrogens (tertiary/aromatic N) is 3. The minimum atomic E-state index is -0.101. The molecule has 0 fully saturated rings. The van der Waals surface area contributed by atoms with Gasteiger partial charge in [0.05, 0.1) is 26.9 Å². The van der Waals surface area contributed by atoms with Crippen LogP contribution in [-0.4, -0.2) is 14.5 Å². The lowest BCUT2D eigenvalue weighted by Gasteiger charge is -2.21. The summed E-state index contributed by atoms with van der Waals surface area (Å²) < 4.78 is 3.63. The Bertz CT molecular complexity index is 3050. The van der Waals surface area contributed by atoms with E-state index < -0.39 is 0 Å². The molecular weight excluding hydrogens is 639 g/mol. The first-order valence-electron chi connectivity index (χ1n) is 17.5. The van der Waals surface area contributed by atoms with Crippen LogP contribution in [0.1, 0.15) is 25.0 Å². The quantitative estimate of drug-likeness (QED) is 0.187. The summed E-state index contributed by atoms with van der Waals surface area (Å²) in [6.45, 7) is 4.75. The number of fused-ring (bicyclic) bond motifs is 11. The smallest absolute Gasteiger partial charge is 0.235 e. The first-order chi connectivity index (χ1) is 25.1. The monoisotopic (exact) mass is 669 g/mol. The molecule has 0 saturated heterocycles. The van der Waals surface area contributed by atoms with Gasteiger partial charge in [-0.2, -0.15) is 0 Å². The molecular formula is C47H31N3S. The van der Waals surface area contributed by atoms with Crippen LogP contribution < -0.4 is 0 Å². The van der Waals surface area contributed by atoms with Gasteiger partial charge in [-0.1, -0.05) is 153 Å². The SMILES string of the molecule is CC1(C)c2ccccc2-c2sc3c(ccc4c5ccc(-c6cccc7ccccc67)cc5n(-c5nc(-c6ccccc6)c6ccccc6n5)c43)c21. The molecule has 51 heavy (non-hydrogen) atoms. The first kappa shape index (κ1) is 28.7. The second-order valence-electron chi connectivity index (χ2n) is 14.2. The Hall–Kier alpha value is -6.10. The minimum absolute atomic E-state index is 0.101. The van der Waals surface area contributed by atoms with Crippen LogP contribution in [0.3, 0.4) is 0 Å². The van der Waals surface area contributed by atoms with Crippen molar-refractivity contribution < 1.29 is 0 Å². The van der Waals surface area contributed by atoms with Crippen molar-refractivity contribution in [2.24, 2.45) is 0 Å². The van der Waals surface area contributed by atoms with Gasteiger partial charge in [0, 0.05) is 32.0 Å². The average Bonchev–Trinajstić information content (AvgIpc) is 3.80. The number of rotatable bonds is 3. The predicted molar refractivity (Wildman–Crippen MR) is 215 cm³/mol. The number of para-hydroxylation sites is 1. The van der Waals surface area contributed by atoms with E-state index in [9.17, 15) is 0 Å². The molecule has 0 unspecified atom stereocenters. The van der Waals surface area contributed by atoms with Crippen molar-refractivity contribution in [3.63, 3.8) is 0 Å². The third kappa shape index (κ3) is 3.99. The molecule has 0 saturated carbocycles. The summed E-state index contributed by atoms with van der Waals surface area (Å²) >= 11 is 1.92. The third-order valence-corrected chi connectivity index (χ3v) is 12.2. The summed E-state index contributed by atoms with van der Waals surface area (Å²) in [4.78, 5) is 12.2. The van der Waals surface area contributed by atoms with Crippen LogP contribution in [0.5, 0.6) is 0 Å². The van der Waals surface area contributed by atoms with Crippen molar-refractivity contribution in [3.05, 3.63) is 163 Å². The van der Waals surface area contributed by atoms with Crippen molar-refractivity contribution >= 4 is 64.9 Å². The van der Waals surface area contributed by atoms with E-state index in [2.05, 4.69) is 170 Å². The van der Waals surface area contributed by atoms with Crippen molar-refractivity contribution in [3.8, 4) is 38.8 Å². The Balaban J connectivity index is 1.29. The van der Waals surface area contributed by atoms with Crippen LogP contribution in [0.2, 0.25) is 0 Å². The molecule has 1 aliphatic rings. The lowest BCUT2D eigenvalue weighted by Crippen LogP contribution is -2.14. The molecule has 0 atom stereocenters. The maximum atomic E-state index is 5.46. The number of thiophene rings is 1. The molecule has 0 bridgehead atoms. The molecule has 11 rings (SSSR count). The second-order valence-corrected chi connectivity index (χ2v) is 15.2. The largest absolute Gasteiger partial charge is 0.276 e. The molecule has 0 amide bonds. The highest BCUT2D eigenvalue weighted by Crippen LogP contribution is 2.56. The summed E-state index contributed by atoms with van der Waals surface area (Å²) in [5.74, 6) is 0.684. The van der Waals surface area contributed by atoms with Gasteiger partial charge in [-0.25, -0.2) is 9.97 Å². The Morgan fingerprint density at radius 2 is 1.25 bits per heavy atom. The summed E-state index contributed by atoms with van der Waals surface area (Å²) in [6, 6.07) is 54.7. The standard InChI is InChI=1S/C47H31N3S/c1-47(2)38-21-10-8-18-35(38)44-41(47)37-26-25-34-33-24-23-30(32-20-12-16-28-13-6-7-17-31(28)32)27-40(33)50(43(34)45(37)51-44)46-48-39-22-11-9-19-36(39)42(49-46)29-14-4-3-5-15-29/h3-27H,1-2H3. The Morgan fingerprint density at radius 3 is 2.16 bits per heavy atom. The molecule has 3 aromatic heterocycles. The van der Waals surface area contributed by atoms with Gasteiger partial charge < -0.3 is 0 Å². The molecule has 1 aliphatic carbocycles. The lowest BCUT2D eigenvalue weighted by atomic mass is 9.81. The molecule has 4 heteroatoms. The zero-order valence-corrected chi connectivity index (χ0v) is 29.0. The lowest BCUT2D eigenvalue weighted by molar-refractivity contribution is 0.667. The van der Waals surface area contributed by atoms with Crippen molar-refractivity contribution in [1.82, 2.24) is 14.5 Å². The van der Waals surface area contributed by atoms with E-state index in [1.54, 1.807) is 0 Å². The van der Waals surface area contributed by atoms with Crippen molar-refractivity contribution in [1.29, 1.82) is 0 Å². The van der Waals surface area contributed by atoms with Crippen LogP contribution in [-0.2, 0) is 5.41 Å². The number of hydrogen-bond donors (Lipinski definition) is 0. The Labute approximate surface area is 299 Å². The maximum Gasteiger partial charge on any atom is 0.235 e. The van der Waals surface area contributed by atoms with Crippen molar-refractivity contribution in [2.45, 2.75) is 19.3 Å². The molecule has 10 aromatic rings. The van der Waals surface area contributed by atoms with Crippen molar-refractivity contribution in [2.75, 3.05) is 0 Å². The van der Waals surface area contributed by atoms with Gasteiger partial charge in [0.1, 0.15) is 0 Å². The minimum Gasteiger partial charge on any atom is -0.276 e.